The minimum atomic E-state index is -0.477. The third kappa shape index (κ3) is 5.73. The topological polar surface area (TPSA) is 69.0 Å². The van der Waals surface area contributed by atoms with Gasteiger partial charge in [-0.15, -0.1) is 16.8 Å². The quantitative estimate of drug-likeness (QED) is 0.371. The zero-order valence-corrected chi connectivity index (χ0v) is 18.6. The number of carbonyl (C=O) groups is 1. The number of aryl methyl sites for hydroxylation is 2. The molecule has 6 nitrogen and oxygen atoms in total. The van der Waals surface area contributed by atoms with Gasteiger partial charge in [0.2, 0.25) is 5.91 Å². The van der Waals surface area contributed by atoms with Gasteiger partial charge in [0, 0.05) is 6.54 Å². The molecule has 0 fully saturated rings. The molecule has 31 heavy (non-hydrogen) atoms. The molecule has 3 aromatic rings. The number of thioether (sulfide) groups is 1. The van der Waals surface area contributed by atoms with Gasteiger partial charge in [-0.25, -0.2) is 4.39 Å². The van der Waals surface area contributed by atoms with E-state index in [1.807, 2.05) is 37.5 Å². The minimum absolute atomic E-state index is 0.0654. The van der Waals surface area contributed by atoms with E-state index < -0.39 is 5.82 Å². The van der Waals surface area contributed by atoms with Gasteiger partial charge >= 0.3 is 0 Å². The number of anilines is 1. The number of rotatable bonds is 9. The Morgan fingerprint density at radius 1 is 1.29 bits per heavy atom. The third-order valence-corrected chi connectivity index (χ3v) is 5.50. The second-order valence-corrected chi connectivity index (χ2v) is 8.03. The van der Waals surface area contributed by atoms with Crippen molar-refractivity contribution < 1.29 is 13.9 Å². The molecule has 0 radical (unpaired) electrons. The van der Waals surface area contributed by atoms with Crippen LogP contribution < -0.4 is 10.1 Å². The lowest BCUT2D eigenvalue weighted by Gasteiger charge is -2.17. The zero-order chi connectivity index (χ0) is 22.4. The van der Waals surface area contributed by atoms with Crippen LogP contribution in [0.25, 0.3) is 0 Å². The van der Waals surface area contributed by atoms with Crippen molar-refractivity contribution in [2.24, 2.45) is 0 Å². The maximum atomic E-state index is 13.7. The molecule has 162 valence electrons. The van der Waals surface area contributed by atoms with Crippen LogP contribution in [0.15, 0.2) is 60.3 Å². The first-order chi connectivity index (χ1) is 14.9. The molecule has 1 atom stereocenters. The zero-order valence-electron chi connectivity index (χ0n) is 17.8. The molecule has 1 N–H and O–H groups in total. The van der Waals surface area contributed by atoms with E-state index in [-0.39, 0.29) is 23.5 Å². The van der Waals surface area contributed by atoms with E-state index in [1.165, 1.54) is 29.5 Å². The highest BCUT2D eigenvalue weighted by Gasteiger charge is 2.20. The smallest absolute Gasteiger partial charge is 0.234 e. The molecule has 1 aromatic heterocycles. The molecule has 1 heterocycles. The summed E-state index contributed by atoms with van der Waals surface area (Å²) >= 11 is 1.22. The van der Waals surface area contributed by atoms with Gasteiger partial charge in [-0.3, -0.25) is 9.36 Å². The van der Waals surface area contributed by atoms with Crippen LogP contribution in [-0.2, 0) is 11.3 Å². The number of carbonyl (C=O) groups excluding carboxylic acids is 1. The highest BCUT2D eigenvalue weighted by Crippen LogP contribution is 2.27. The van der Waals surface area contributed by atoms with Crippen molar-refractivity contribution in [3.63, 3.8) is 0 Å². The first-order valence-electron chi connectivity index (χ1n) is 9.84. The average molecular weight is 441 g/mol. The van der Waals surface area contributed by atoms with Crippen LogP contribution in [-0.4, -0.2) is 26.4 Å². The lowest BCUT2D eigenvalue weighted by atomic mass is 10.1. The molecule has 0 aliphatic carbocycles. The van der Waals surface area contributed by atoms with Crippen LogP contribution in [0.1, 0.15) is 30.0 Å². The monoisotopic (exact) mass is 440 g/mol. The fourth-order valence-corrected chi connectivity index (χ4v) is 3.82. The molecule has 0 saturated heterocycles. The Morgan fingerprint density at radius 2 is 2.06 bits per heavy atom. The highest BCUT2D eigenvalue weighted by atomic mass is 32.2. The van der Waals surface area contributed by atoms with Crippen molar-refractivity contribution in [2.45, 2.75) is 38.6 Å². The molecular formula is C23H25FN4O2S. The second kappa shape index (κ2) is 10.3. The van der Waals surface area contributed by atoms with E-state index in [0.717, 1.165) is 11.3 Å². The van der Waals surface area contributed by atoms with Crippen molar-refractivity contribution in [1.29, 1.82) is 0 Å². The molecule has 3 rings (SSSR count). The molecule has 1 amide bonds. The van der Waals surface area contributed by atoms with E-state index >= 15 is 0 Å². The largest absolute Gasteiger partial charge is 0.482 e. The average Bonchev–Trinajstić information content (AvgIpc) is 3.13. The first kappa shape index (κ1) is 22.6. The molecule has 1 unspecified atom stereocenters. The van der Waals surface area contributed by atoms with E-state index in [1.54, 1.807) is 18.2 Å². The van der Waals surface area contributed by atoms with Gasteiger partial charge in [0.15, 0.2) is 17.1 Å². The number of ether oxygens (including phenoxy) is 1. The van der Waals surface area contributed by atoms with Crippen molar-refractivity contribution >= 4 is 23.4 Å². The number of para-hydroxylation sites is 1. The van der Waals surface area contributed by atoms with Crippen molar-refractivity contribution in [2.75, 3.05) is 11.1 Å². The Kier molecular flexibility index (Phi) is 7.46. The molecule has 0 saturated carbocycles. The summed E-state index contributed by atoms with van der Waals surface area (Å²) in [5.41, 5.74) is 2.36. The molecule has 8 heteroatoms. The van der Waals surface area contributed by atoms with E-state index in [9.17, 15) is 9.18 Å². The second-order valence-electron chi connectivity index (χ2n) is 7.09. The normalized spacial score (nSPS) is 11.7. The van der Waals surface area contributed by atoms with Crippen LogP contribution >= 0.6 is 11.8 Å². The fraction of sp³-hybridized carbons (Fsp3) is 0.261. The fourth-order valence-electron chi connectivity index (χ4n) is 3.06. The first-order valence-corrected chi connectivity index (χ1v) is 10.8. The summed E-state index contributed by atoms with van der Waals surface area (Å²) in [6, 6.07) is 12.1. The van der Waals surface area contributed by atoms with Crippen LogP contribution in [0.3, 0.4) is 0 Å². The summed E-state index contributed by atoms with van der Waals surface area (Å²) in [7, 11) is 0. The van der Waals surface area contributed by atoms with Gasteiger partial charge in [0.05, 0.1) is 11.4 Å². The maximum absolute atomic E-state index is 13.7. The minimum Gasteiger partial charge on any atom is -0.482 e. The van der Waals surface area contributed by atoms with E-state index in [4.69, 9.17) is 4.74 Å². The summed E-state index contributed by atoms with van der Waals surface area (Å²) in [6.45, 7) is 10.2. The molecular weight excluding hydrogens is 415 g/mol. The van der Waals surface area contributed by atoms with Crippen molar-refractivity contribution in [3.8, 4) is 5.75 Å². The van der Waals surface area contributed by atoms with Gasteiger partial charge < -0.3 is 10.1 Å². The number of nitrogens with zero attached hydrogens (tertiary/aromatic N) is 3. The number of amides is 1. The van der Waals surface area contributed by atoms with Gasteiger partial charge in [-0.2, -0.15) is 0 Å². The number of nitrogens with one attached hydrogen (secondary N) is 1. The van der Waals surface area contributed by atoms with Crippen LogP contribution in [0.5, 0.6) is 5.75 Å². The maximum Gasteiger partial charge on any atom is 0.234 e. The van der Waals surface area contributed by atoms with E-state index in [0.29, 0.717) is 17.5 Å². The Morgan fingerprint density at radius 3 is 2.77 bits per heavy atom. The predicted octanol–water partition coefficient (Wildman–Crippen LogP) is 5.09. The van der Waals surface area contributed by atoms with Crippen LogP contribution in [0.2, 0.25) is 0 Å². The molecule has 0 bridgehead atoms. The Labute approximate surface area is 185 Å². The number of allylic oxidation sites excluding steroid dienone is 1. The number of halogens is 1. The SMILES string of the molecule is C=CCn1c(SCC(=O)Nc2ccccc2F)nnc1C(C)Oc1ccc(C)cc1C. The molecule has 0 spiro atoms. The van der Waals surface area contributed by atoms with Crippen molar-refractivity contribution in [1.82, 2.24) is 14.8 Å². The Balaban J connectivity index is 1.70. The summed E-state index contributed by atoms with van der Waals surface area (Å²) in [4.78, 5) is 12.3. The van der Waals surface area contributed by atoms with Gasteiger partial charge in [-0.1, -0.05) is 47.7 Å². The van der Waals surface area contributed by atoms with Crippen LogP contribution in [0, 0.1) is 19.7 Å². The Hall–Kier alpha value is -3.13. The Bertz CT molecular complexity index is 1080. The number of aromatic nitrogens is 3. The van der Waals surface area contributed by atoms with Gasteiger partial charge in [0.1, 0.15) is 11.6 Å². The highest BCUT2D eigenvalue weighted by molar-refractivity contribution is 7.99. The summed E-state index contributed by atoms with van der Waals surface area (Å²) in [5.74, 6) is 0.678. The lowest BCUT2D eigenvalue weighted by Crippen LogP contribution is -2.16. The predicted molar refractivity (Wildman–Crippen MR) is 121 cm³/mol. The molecule has 2 aromatic carbocycles. The molecule has 0 aliphatic heterocycles. The van der Waals surface area contributed by atoms with Gasteiger partial charge in [0.25, 0.3) is 0 Å². The summed E-state index contributed by atoms with van der Waals surface area (Å²) in [6.07, 6.45) is 1.38. The van der Waals surface area contributed by atoms with Crippen LogP contribution in [0.4, 0.5) is 10.1 Å². The van der Waals surface area contributed by atoms with E-state index in [2.05, 4.69) is 28.2 Å². The number of hydrogen-bond acceptors (Lipinski definition) is 5. The van der Waals surface area contributed by atoms with Gasteiger partial charge in [-0.05, 0) is 44.5 Å². The third-order valence-electron chi connectivity index (χ3n) is 4.54. The molecule has 0 aliphatic rings. The summed E-state index contributed by atoms with van der Waals surface area (Å²) in [5, 5.41) is 11.6. The number of hydrogen-bond donors (Lipinski definition) is 1. The lowest BCUT2D eigenvalue weighted by molar-refractivity contribution is -0.113. The number of benzene rings is 2. The standard InChI is InChI=1S/C23H25FN4O2S/c1-5-12-28-22(17(4)30-20-11-10-15(2)13-16(20)3)26-27-23(28)31-14-21(29)25-19-9-7-6-8-18(19)24/h5-11,13,17H,1,12,14H2,2-4H3,(H,25,29). The summed E-state index contributed by atoms with van der Waals surface area (Å²) < 4.78 is 21.7. The van der Waals surface area contributed by atoms with Crippen molar-refractivity contribution in [3.05, 3.63) is 77.9 Å².